The van der Waals surface area contributed by atoms with Gasteiger partial charge < -0.3 is 34.9 Å². The van der Waals surface area contributed by atoms with Crippen LogP contribution in [0.25, 0.3) is 11.2 Å². The van der Waals surface area contributed by atoms with E-state index in [-0.39, 0.29) is 48.4 Å². The number of ether oxygens (including phenoxy) is 4. The Bertz CT molecular complexity index is 1410. The number of nitrogens with two attached hydrogens (primary N) is 1. The van der Waals surface area contributed by atoms with Crippen molar-refractivity contribution in [3.05, 3.63) is 6.33 Å². The minimum atomic E-state index is -4.40. The van der Waals surface area contributed by atoms with Crippen LogP contribution in [-0.2, 0) is 37.4 Å². The minimum absolute atomic E-state index is 0.0234. The lowest BCUT2D eigenvalue weighted by molar-refractivity contribution is -0.155. The molecule has 1 fully saturated rings. The summed E-state index contributed by atoms with van der Waals surface area (Å²) < 4.78 is 48.6. The van der Waals surface area contributed by atoms with Crippen molar-refractivity contribution < 1.29 is 52.4 Å². The monoisotopic (exact) mass is 674 g/mol. The standard InChI is InChI=1S/C28H47N6O11P/c1-15(2)12-17(24(37)43-16(3)4)33-46(39,41-11-10-19(35)45-27(5,6)7)42-13-18-21(36)28(8,38)25(44-18)34-14-30-20-22(34)31-26(29)32-23(20)40-9/h14-18,21,25,36,38H,10-13H2,1-9H3,(H,33,39)(H2,29,31,32)/t17-,18+,21+,25+,28+,46?/m0/s1. The molecule has 3 rings (SSSR count). The lowest BCUT2D eigenvalue weighted by Gasteiger charge is -2.28. The first-order valence-electron chi connectivity index (χ1n) is 15.0. The molecule has 1 aliphatic rings. The van der Waals surface area contributed by atoms with Crippen molar-refractivity contribution in [3.8, 4) is 5.88 Å². The number of rotatable bonds is 15. The summed E-state index contributed by atoms with van der Waals surface area (Å²) in [6.07, 6.45) is -3.25. The number of imidazole rings is 1. The van der Waals surface area contributed by atoms with Crippen LogP contribution in [0.1, 0.15) is 74.5 Å². The maximum atomic E-state index is 14.1. The molecule has 0 amide bonds. The fourth-order valence-electron chi connectivity index (χ4n) is 4.70. The van der Waals surface area contributed by atoms with Gasteiger partial charge in [0.25, 0.3) is 0 Å². The normalized spacial score (nSPS) is 23.9. The highest BCUT2D eigenvalue weighted by molar-refractivity contribution is 7.51. The summed E-state index contributed by atoms with van der Waals surface area (Å²) in [5.41, 5.74) is 3.56. The van der Waals surface area contributed by atoms with Crippen molar-refractivity contribution >= 4 is 36.8 Å². The third-order valence-electron chi connectivity index (χ3n) is 6.66. The van der Waals surface area contributed by atoms with E-state index in [4.69, 9.17) is 33.7 Å². The van der Waals surface area contributed by atoms with E-state index in [0.29, 0.717) is 0 Å². The van der Waals surface area contributed by atoms with E-state index in [9.17, 15) is 24.4 Å². The molecule has 0 saturated carbocycles. The summed E-state index contributed by atoms with van der Waals surface area (Å²) in [4.78, 5) is 37.6. The summed E-state index contributed by atoms with van der Waals surface area (Å²) in [6, 6.07) is -1.10. The van der Waals surface area contributed by atoms with Gasteiger partial charge in [-0.15, -0.1) is 0 Å². The number of methoxy groups -OCH3 is 1. The number of aromatic nitrogens is 4. The predicted molar refractivity (Wildman–Crippen MR) is 164 cm³/mol. The molecule has 260 valence electrons. The zero-order valence-electron chi connectivity index (χ0n) is 27.8. The van der Waals surface area contributed by atoms with Crippen LogP contribution >= 0.6 is 7.75 Å². The van der Waals surface area contributed by atoms with Gasteiger partial charge in [0.2, 0.25) is 11.8 Å². The number of hydrogen-bond acceptors (Lipinski definition) is 15. The number of hydrogen-bond donors (Lipinski definition) is 4. The average molecular weight is 675 g/mol. The van der Waals surface area contributed by atoms with Crippen LogP contribution in [-0.4, -0.2) is 97.6 Å². The van der Waals surface area contributed by atoms with Gasteiger partial charge in [-0.25, -0.2) is 14.6 Å². The van der Waals surface area contributed by atoms with Crippen molar-refractivity contribution in [3.63, 3.8) is 0 Å². The molecule has 3 heterocycles. The molecule has 0 aromatic carbocycles. The maximum Gasteiger partial charge on any atom is 0.406 e. The third kappa shape index (κ3) is 9.56. The fourth-order valence-corrected chi connectivity index (χ4v) is 6.19. The first kappa shape index (κ1) is 37.5. The Morgan fingerprint density at radius 1 is 1.22 bits per heavy atom. The highest BCUT2D eigenvalue weighted by Gasteiger charge is 2.54. The second-order valence-electron chi connectivity index (χ2n) is 12.9. The lowest BCUT2D eigenvalue weighted by atomic mass is 9.96. The Labute approximate surface area is 268 Å². The van der Waals surface area contributed by atoms with Gasteiger partial charge in [-0.3, -0.25) is 23.2 Å². The first-order chi connectivity index (χ1) is 21.3. The average Bonchev–Trinajstić information content (AvgIpc) is 3.42. The molecule has 46 heavy (non-hydrogen) atoms. The number of nitrogen functional groups attached to an aromatic ring is 1. The summed E-state index contributed by atoms with van der Waals surface area (Å²) in [6.45, 7) is 12.6. The Morgan fingerprint density at radius 2 is 1.89 bits per heavy atom. The maximum absolute atomic E-state index is 14.1. The molecule has 18 heteroatoms. The van der Waals surface area contributed by atoms with E-state index in [2.05, 4.69) is 20.0 Å². The van der Waals surface area contributed by atoms with E-state index < -0.39 is 68.1 Å². The van der Waals surface area contributed by atoms with Crippen molar-refractivity contribution in [1.29, 1.82) is 0 Å². The van der Waals surface area contributed by atoms with Gasteiger partial charge in [-0.2, -0.15) is 9.97 Å². The van der Waals surface area contributed by atoms with Crippen LogP contribution in [0.3, 0.4) is 0 Å². The molecule has 0 radical (unpaired) electrons. The van der Waals surface area contributed by atoms with Crippen molar-refractivity contribution in [2.75, 3.05) is 26.1 Å². The summed E-state index contributed by atoms with van der Waals surface area (Å²) in [7, 11) is -3.01. The zero-order valence-corrected chi connectivity index (χ0v) is 28.6. The Hall–Kier alpha value is -2.92. The van der Waals surface area contributed by atoms with Crippen LogP contribution in [0.4, 0.5) is 5.95 Å². The van der Waals surface area contributed by atoms with Crippen molar-refractivity contribution in [2.45, 2.75) is 110 Å². The third-order valence-corrected chi connectivity index (χ3v) is 8.30. The van der Waals surface area contributed by atoms with E-state index in [0.717, 1.165) is 0 Å². The quantitative estimate of drug-likeness (QED) is 0.157. The Morgan fingerprint density at radius 3 is 2.48 bits per heavy atom. The van der Waals surface area contributed by atoms with Crippen molar-refractivity contribution in [2.24, 2.45) is 5.92 Å². The second-order valence-corrected chi connectivity index (χ2v) is 14.6. The molecule has 6 atom stereocenters. The number of aliphatic hydroxyl groups excluding tert-OH is 1. The number of carbonyl (C=O) groups excluding carboxylic acids is 2. The van der Waals surface area contributed by atoms with Crippen LogP contribution in [0, 0.1) is 5.92 Å². The number of anilines is 1. The van der Waals surface area contributed by atoms with Gasteiger partial charge in [0.1, 0.15) is 29.5 Å². The van der Waals surface area contributed by atoms with Gasteiger partial charge in [0.15, 0.2) is 17.4 Å². The highest BCUT2D eigenvalue weighted by Crippen LogP contribution is 2.47. The zero-order chi connectivity index (χ0) is 34.6. The molecule has 0 spiro atoms. The van der Waals surface area contributed by atoms with Gasteiger partial charge in [-0.1, -0.05) is 13.8 Å². The molecule has 1 saturated heterocycles. The Kier molecular flexibility index (Phi) is 12.1. The molecular weight excluding hydrogens is 627 g/mol. The van der Waals surface area contributed by atoms with Crippen LogP contribution in [0.2, 0.25) is 0 Å². The topological polar surface area (TPSA) is 229 Å². The van der Waals surface area contributed by atoms with E-state index in [1.807, 2.05) is 13.8 Å². The SMILES string of the molecule is COc1nc(N)nc2c1ncn2[C@@H]1O[C@H](COP(=O)(N[C@@H](CC(C)C)C(=O)OC(C)C)OCCC(=O)OC(C)(C)C)[C@@H](O)[C@@]1(C)O. The number of aliphatic hydroxyl groups is 2. The number of nitrogens with zero attached hydrogens (tertiary/aromatic N) is 4. The number of nitrogens with one attached hydrogen (secondary N) is 1. The number of fused-ring (bicyclic) bond motifs is 1. The largest absolute Gasteiger partial charge is 0.479 e. The van der Waals surface area contributed by atoms with Crippen LogP contribution < -0.4 is 15.6 Å². The highest BCUT2D eigenvalue weighted by atomic mass is 31.2. The summed E-state index contributed by atoms with van der Waals surface area (Å²) >= 11 is 0. The molecule has 1 unspecified atom stereocenters. The smallest absolute Gasteiger partial charge is 0.406 e. The van der Waals surface area contributed by atoms with Gasteiger partial charge in [0, 0.05) is 0 Å². The van der Waals surface area contributed by atoms with E-state index in [1.165, 1.54) is 24.9 Å². The van der Waals surface area contributed by atoms with Crippen molar-refractivity contribution in [1.82, 2.24) is 24.6 Å². The summed E-state index contributed by atoms with van der Waals surface area (Å²) in [5, 5.41) is 25.1. The molecule has 1 aliphatic heterocycles. The molecular formula is C28H47N6O11P. The molecule has 5 N–H and O–H groups in total. The minimum Gasteiger partial charge on any atom is -0.479 e. The van der Waals surface area contributed by atoms with E-state index >= 15 is 0 Å². The van der Waals surface area contributed by atoms with Crippen LogP contribution in [0.5, 0.6) is 5.88 Å². The summed E-state index contributed by atoms with van der Waals surface area (Å²) in [5.74, 6) is -1.32. The predicted octanol–water partition coefficient (Wildman–Crippen LogP) is 2.26. The van der Waals surface area contributed by atoms with Gasteiger partial charge >= 0.3 is 19.7 Å². The van der Waals surface area contributed by atoms with E-state index in [1.54, 1.807) is 34.6 Å². The van der Waals surface area contributed by atoms with Gasteiger partial charge in [-0.05, 0) is 53.9 Å². The lowest BCUT2D eigenvalue weighted by Crippen LogP contribution is -2.44. The fraction of sp³-hybridized carbons (Fsp3) is 0.750. The second kappa shape index (κ2) is 14.9. The molecule has 17 nitrogen and oxygen atoms in total. The van der Waals surface area contributed by atoms with Gasteiger partial charge in [0.05, 0.1) is 39.2 Å². The first-order valence-corrected chi connectivity index (χ1v) is 16.5. The van der Waals surface area contributed by atoms with Crippen LogP contribution in [0.15, 0.2) is 6.33 Å². The number of carbonyl (C=O) groups is 2. The molecule has 0 bridgehead atoms. The Balaban J connectivity index is 1.85. The molecule has 2 aromatic rings. The molecule has 0 aliphatic carbocycles. The number of esters is 2. The molecule has 2 aromatic heterocycles.